The number of hydrogen-bond acceptors (Lipinski definition) is 10. The highest BCUT2D eigenvalue weighted by atomic mass is 16.7. The van der Waals surface area contributed by atoms with E-state index in [-0.39, 0.29) is 44.0 Å². The predicted molar refractivity (Wildman–Crippen MR) is 127 cm³/mol. The first-order valence-electron chi connectivity index (χ1n) is 12.0. The second kappa shape index (κ2) is 16.5. The van der Waals surface area contributed by atoms with E-state index >= 15 is 0 Å². The fourth-order valence-corrected chi connectivity index (χ4v) is 2.78. The van der Waals surface area contributed by atoms with Gasteiger partial charge in [-0.2, -0.15) is 0 Å². The zero-order valence-electron chi connectivity index (χ0n) is 21.0. The summed E-state index contributed by atoms with van der Waals surface area (Å²) in [7, 11) is 0. The van der Waals surface area contributed by atoms with Crippen molar-refractivity contribution in [2.75, 3.05) is 13.2 Å². The Morgan fingerprint density at radius 1 is 0.886 bits per heavy atom. The maximum Gasteiger partial charge on any atom is 0.508 e. The summed E-state index contributed by atoms with van der Waals surface area (Å²) in [5.41, 5.74) is 6.55. The minimum Gasteiger partial charge on any atom is -0.461 e. The molecule has 2 N–H and O–H groups in total. The largest absolute Gasteiger partial charge is 0.508 e. The van der Waals surface area contributed by atoms with Crippen LogP contribution in [0.15, 0.2) is 18.2 Å². The van der Waals surface area contributed by atoms with Gasteiger partial charge in [0.1, 0.15) is 18.8 Å². The van der Waals surface area contributed by atoms with Gasteiger partial charge in [0, 0.05) is 12.8 Å². The van der Waals surface area contributed by atoms with E-state index in [0.29, 0.717) is 18.4 Å². The van der Waals surface area contributed by atoms with Crippen molar-refractivity contribution in [3.8, 4) is 11.5 Å². The molecule has 1 rings (SSSR count). The third kappa shape index (κ3) is 12.2. The molecule has 1 aromatic carbocycles. The number of esters is 3. The lowest BCUT2D eigenvalue weighted by molar-refractivity contribution is -0.148. The Kier molecular flexibility index (Phi) is 14.1. The molecule has 0 aliphatic carbocycles. The maximum atomic E-state index is 12.3. The van der Waals surface area contributed by atoms with Gasteiger partial charge in [-0.25, -0.2) is 4.79 Å². The average molecular weight is 496 g/mol. The van der Waals surface area contributed by atoms with Crippen molar-refractivity contribution in [3.05, 3.63) is 23.8 Å². The SMILES string of the molecule is CCCCOC(=O)O[C@@H](C)COC(=O)[C@@H](N)Cc1ccc(OC(=O)CCC)c(OC(=O)CCC)c1. The lowest BCUT2D eigenvalue weighted by Gasteiger charge is -2.16. The number of ether oxygens (including phenoxy) is 5. The third-order valence-electron chi connectivity index (χ3n) is 4.60. The molecule has 0 unspecified atom stereocenters. The van der Waals surface area contributed by atoms with Gasteiger partial charge in [-0.15, -0.1) is 0 Å². The van der Waals surface area contributed by atoms with Crippen LogP contribution in [0.3, 0.4) is 0 Å². The lowest BCUT2D eigenvalue weighted by atomic mass is 10.1. The molecular weight excluding hydrogens is 458 g/mol. The number of carbonyl (C=O) groups excluding carboxylic acids is 4. The Morgan fingerprint density at radius 2 is 1.51 bits per heavy atom. The first kappa shape index (κ1) is 29.9. The molecule has 0 amide bonds. The van der Waals surface area contributed by atoms with Crippen LogP contribution in [-0.4, -0.2) is 49.4 Å². The van der Waals surface area contributed by atoms with E-state index in [2.05, 4.69) is 0 Å². The molecule has 0 heterocycles. The van der Waals surface area contributed by atoms with Crippen LogP contribution in [0.2, 0.25) is 0 Å². The Bertz CT molecular complexity index is 840. The van der Waals surface area contributed by atoms with E-state index < -0.39 is 36.2 Å². The van der Waals surface area contributed by atoms with Gasteiger partial charge >= 0.3 is 24.1 Å². The summed E-state index contributed by atoms with van der Waals surface area (Å²) in [5.74, 6) is -1.41. The molecule has 0 aliphatic rings. The molecule has 1 aromatic rings. The van der Waals surface area contributed by atoms with E-state index in [1.54, 1.807) is 13.0 Å². The number of unbranched alkanes of at least 4 members (excludes halogenated alkanes) is 1. The number of benzene rings is 1. The van der Waals surface area contributed by atoms with Gasteiger partial charge in [-0.3, -0.25) is 14.4 Å². The van der Waals surface area contributed by atoms with Crippen molar-refractivity contribution in [2.45, 2.75) is 84.8 Å². The summed E-state index contributed by atoms with van der Waals surface area (Å²) in [6, 6.07) is 3.60. The lowest BCUT2D eigenvalue weighted by Crippen LogP contribution is -2.36. The second-order valence-electron chi connectivity index (χ2n) is 8.05. The van der Waals surface area contributed by atoms with Crippen LogP contribution in [0.5, 0.6) is 11.5 Å². The van der Waals surface area contributed by atoms with Crippen molar-refractivity contribution in [2.24, 2.45) is 5.73 Å². The predicted octanol–water partition coefficient (Wildman–Crippen LogP) is 3.85. The minimum atomic E-state index is -1.02. The molecule has 0 bridgehead atoms. The molecule has 10 nitrogen and oxygen atoms in total. The van der Waals surface area contributed by atoms with Crippen molar-refractivity contribution >= 4 is 24.1 Å². The van der Waals surface area contributed by atoms with Gasteiger partial charge in [0.25, 0.3) is 0 Å². The molecule has 0 saturated carbocycles. The smallest absolute Gasteiger partial charge is 0.461 e. The quantitative estimate of drug-likeness (QED) is 0.217. The highest BCUT2D eigenvalue weighted by molar-refractivity contribution is 5.77. The molecule has 196 valence electrons. The van der Waals surface area contributed by atoms with Crippen LogP contribution < -0.4 is 15.2 Å². The standard InChI is InChI=1S/C25H37NO9/c1-5-8-13-31-25(30)33-17(4)16-32-24(29)19(26)14-18-11-12-20(34-22(27)9-6-2)21(15-18)35-23(28)10-7-3/h11-12,15,17,19H,5-10,13-14,16,26H2,1-4H3/t17-,19-/m0/s1. The van der Waals surface area contributed by atoms with Gasteiger partial charge in [0.15, 0.2) is 11.5 Å². The molecule has 0 fully saturated rings. The number of hydrogen-bond donors (Lipinski definition) is 1. The molecule has 0 aromatic heterocycles. The van der Waals surface area contributed by atoms with Gasteiger partial charge < -0.3 is 29.4 Å². The minimum absolute atomic E-state index is 0.0780. The summed E-state index contributed by atoms with van der Waals surface area (Å²) in [4.78, 5) is 47.8. The normalized spacial score (nSPS) is 12.3. The number of nitrogens with two attached hydrogens (primary N) is 1. The molecule has 0 spiro atoms. The summed E-state index contributed by atoms with van der Waals surface area (Å²) in [6.45, 7) is 7.30. The summed E-state index contributed by atoms with van der Waals surface area (Å²) < 4.78 is 25.7. The first-order valence-corrected chi connectivity index (χ1v) is 12.0. The first-order chi connectivity index (χ1) is 16.7. The van der Waals surface area contributed by atoms with Crippen LogP contribution in [0.4, 0.5) is 4.79 Å². The fourth-order valence-electron chi connectivity index (χ4n) is 2.78. The molecular formula is C25H37NO9. The third-order valence-corrected chi connectivity index (χ3v) is 4.60. The van der Waals surface area contributed by atoms with Crippen molar-refractivity contribution in [1.29, 1.82) is 0 Å². The van der Waals surface area contributed by atoms with E-state index in [1.165, 1.54) is 12.1 Å². The van der Waals surface area contributed by atoms with E-state index in [9.17, 15) is 19.2 Å². The zero-order chi connectivity index (χ0) is 26.2. The molecule has 0 aliphatic heterocycles. The van der Waals surface area contributed by atoms with Crippen LogP contribution >= 0.6 is 0 Å². The Morgan fingerprint density at radius 3 is 2.11 bits per heavy atom. The van der Waals surface area contributed by atoms with Gasteiger partial charge in [-0.1, -0.05) is 33.3 Å². The van der Waals surface area contributed by atoms with Crippen LogP contribution in [-0.2, 0) is 35.0 Å². The van der Waals surface area contributed by atoms with E-state index in [4.69, 9.17) is 29.4 Å². The van der Waals surface area contributed by atoms with Gasteiger partial charge in [0.2, 0.25) is 0 Å². The van der Waals surface area contributed by atoms with Crippen LogP contribution in [0.25, 0.3) is 0 Å². The molecule has 35 heavy (non-hydrogen) atoms. The average Bonchev–Trinajstić information content (AvgIpc) is 2.79. The zero-order valence-corrected chi connectivity index (χ0v) is 21.0. The monoisotopic (exact) mass is 495 g/mol. The molecule has 0 radical (unpaired) electrons. The highest BCUT2D eigenvalue weighted by Crippen LogP contribution is 2.30. The summed E-state index contributed by atoms with van der Waals surface area (Å²) in [5, 5.41) is 0. The van der Waals surface area contributed by atoms with Gasteiger partial charge in [-0.05, 0) is 50.3 Å². The van der Waals surface area contributed by atoms with Crippen molar-refractivity contribution in [3.63, 3.8) is 0 Å². The van der Waals surface area contributed by atoms with Crippen LogP contribution in [0.1, 0.15) is 71.8 Å². The highest BCUT2D eigenvalue weighted by Gasteiger charge is 2.21. The fraction of sp³-hybridized carbons (Fsp3) is 0.600. The Balaban J connectivity index is 2.72. The van der Waals surface area contributed by atoms with Crippen molar-refractivity contribution in [1.82, 2.24) is 0 Å². The van der Waals surface area contributed by atoms with E-state index in [1.807, 2.05) is 20.8 Å². The van der Waals surface area contributed by atoms with Crippen LogP contribution in [0, 0.1) is 0 Å². The van der Waals surface area contributed by atoms with E-state index in [0.717, 1.165) is 12.8 Å². The second-order valence-corrected chi connectivity index (χ2v) is 8.05. The molecule has 0 saturated heterocycles. The topological polar surface area (TPSA) is 140 Å². The van der Waals surface area contributed by atoms with Gasteiger partial charge in [0.05, 0.1) is 6.61 Å². The molecule has 10 heteroatoms. The number of rotatable bonds is 15. The maximum absolute atomic E-state index is 12.3. The molecule has 2 atom stereocenters. The number of carbonyl (C=O) groups is 4. The Hall–Kier alpha value is -3.14. The summed E-state index contributed by atoms with van der Waals surface area (Å²) in [6.07, 6.45) is 1.79. The summed E-state index contributed by atoms with van der Waals surface area (Å²) >= 11 is 0. The Labute approximate surface area is 206 Å². The van der Waals surface area contributed by atoms with Crippen molar-refractivity contribution < 1.29 is 42.9 Å².